The fraction of sp³-hybridized carbons (Fsp3) is 0. The molecule has 0 spiro atoms. The van der Waals surface area contributed by atoms with Crippen LogP contribution in [-0.4, -0.2) is 0 Å². The molecule has 0 saturated carbocycles. The van der Waals surface area contributed by atoms with Crippen molar-refractivity contribution >= 4 is 17.3 Å². The topological polar surface area (TPSA) is 35.8 Å². The molecule has 0 aliphatic carbocycles. The Morgan fingerprint density at radius 1 is 1.06 bits per heavy atom. The average Bonchev–Trinajstić information content (AvgIpc) is 2.31. The van der Waals surface area contributed by atoms with E-state index in [0.29, 0.717) is 5.02 Å². The lowest BCUT2D eigenvalue weighted by molar-refractivity contribution is 1.47. The van der Waals surface area contributed by atoms with E-state index in [9.17, 15) is 0 Å². The van der Waals surface area contributed by atoms with Gasteiger partial charge in [-0.05, 0) is 17.7 Å². The Kier molecular flexibility index (Phi) is 3.09. The number of nitrogens with one attached hydrogen (secondary N) is 1. The highest BCUT2D eigenvalue weighted by Crippen LogP contribution is 2.30. The van der Waals surface area contributed by atoms with Crippen molar-refractivity contribution in [2.45, 2.75) is 0 Å². The Morgan fingerprint density at radius 3 is 2.50 bits per heavy atom. The molecule has 0 atom stereocenters. The molecular formula is C13H9ClN2. The third kappa shape index (κ3) is 2.16. The summed E-state index contributed by atoms with van der Waals surface area (Å²) in [5, 5.41) is 11.9. The molecule has 3 heteroatoms. The number of nitriles is 1. The number of nitrogens with zero attached hydrogens (tertiary/aromatic N) is 1. The zero-order chi connectivity index (χ0) is 11.4. The largest absolute Gasteiger partial charge is 0.292 e. The van der Waals surface area contributed by atoms with E-state index in [0.717, 1.165) is 16.8 Å². The Labute approximate surface area is 99.1 Å². The Morgan fingerprint density at radius 2 is 1.81 bits per heavy atom. The molecule has 0 radical (unpaired) electrons. The summed E-state index contributed by atoms with van der Waals surface area (Å²) in [6.07, 6.45) is 1.91. The molecule has 16 heavy (non-hydrogen) atoms. The first-order valence-corrected chi connectivity index (χ1v) is 5.19. The SMILES string of the molecule is N#CNc1cc(Cl)ccc1-c1ccccc1. The normalized spacial score (nSPS) is 9.50. The van der Waals surface area contributed by atoms with Gasteiger partial charge in [0.25, 0.3) is 0 Å². The van der Waals surface area contributed by atoms with E-state index in [2.05, 4.69) is 5.32 Å². The summed E-state index contributed by atoms with van der Waals surface area (Å²) >= 11 is 5.89. The molecule has 0 aliphatic heterocycles. The minimum Gasteiger partial charge on any atom is -0.292 e. The lowest BCUT2D eigenvalue weighted by atomic mass is 10.0. The summed E-state index contributed by atoms with van der Waals surface area (Å²) in [6, 6.07) is 15.3. The highest BCUT2D eigenvalue weighted by Gasteiger charge is 2.04. The first kappa shape index (κ1) is 10.5. The highest BCUT2D eigenvalue weighted by molar-refractivity contribution is 6.31. The number of anilines is 1. The lowest BCUT2D eigenvalue weighted by Gasteiger charge is -2.08. The second kappa shape index (κ2) is 4.69. The fourth-order valence-electron chi connectivity index (χ4n) is 1.55. The molecule has 0 amide bonds. The van der Waals surface area contributed by atoms with Gasteiger partial charge in [-0.2, -0.15) is 5.26 Å². The van der Waals surface area contributed by atoms with Crippen molar-refractivity contribution in [1.29, 1.82) is 5.26 Å². The van der Waals surface area contributed by atoms with Gasteiger partial charge in [-0.1, -0.05) is 48.0 Å². The Hall–Kier alpha value is -1.98. The molecular weight excluding hydrogens is 220 g/mol. The molecule has 0 aliphatic rings. The molecule has 0 heterocycles. The molecule has 0 fully saturated rings. The molecule has 78 valence electrons. The number of hydrogen-bond donors (Lipinski definition) is 1. The zero-order valence-electron chi connectivity index (χ0n) is 8.44. The van der Waals surface area contributed by atoms with E-state index >= 15 is 0 Å². The molecule has 0 bridgehead atoms. The van der Waals surface area contributed by atoms with Gasteiger partial charge in [0.15, 0.2) is 6.19 Å². The van der Waals surface area contributed by atoms with Gasteiger partial charge in [0.1, 0.15) is 0 Å². The van der Waals surface area contributed by atoms with Crippen LogP contribution in [0.15, 0.2) is 48.5 Å². The number of hydrogen-bond acceptors (Lipinski definition) is 2. The Balaban J connectivity index is 2.53. The minimum absolute atomic E-state index is 0.609. The maximum Gasteiger partial charge on any atom is 0.181 e. The molecule has 2 aromatic carbocycles. The molecule has 2 aromatic rings. The van der Waals surface area contributed by atoms with Crippen LogP contribution in [0.25, 0.3) is 11.1 Å². The van der Waals surface area contributed by atoms with Crippen LogP contribution >= 0.6 is 11.6 Å². The zero-order valence-corrected chi connectivity index (χ0v) is 9.20. The maximum absolute atomic E-state index is 8.68. The second-order valence-corrected chi connectivity index (χ2v) is 3.73. The van der Waals surface area contributed by atoms with Crippen LogP contribution in [0.2, 0.25) is 5.02 Å². The summed E-state index contributed by atoms with van der Waals surface area (Å²) in [6.45, 7) is 0. The molecule has 0 saturated heterocycles. The molecule has 2 rings (SSSR count). The van der Waals surface area contributed by atoms with Crippen molar-refractivity contribution in [3.05, 3.63) is 53.6 Å². The molecule has 0 unspecified atom stereocenters. The smallest absolute Gasteiger partial charge is 0.181 e. The minimum atomic E-state index is 0.609. The van der Waals surface area contributed by atoms with Crippen molar-refractivity contribution in [2.24, 2.45) is 0 Å². The highest BCUT2D eigenvalue weighted by atomic mass is 35.5. The van der Waals surface area contributed by atoms with E-state index < -0.39 is 0 Å². The first-order valence-electron chi connectivity index (χ1n) is 4.81. The van der Waals surface area contributed by atoms with Crippen LogP contribution in [0.4, 0.5) is 5.69 Å². The van der Waals surface area contributed by atoms with Crippen molar-refractivity contribution in [1.82, 2.24) is 0 Å². The molecule has 0 aromatic heterocycles. The summed E-state index contributed by atoms with van der Waals surface area (Å²) in [5.41, 5.74) is 2.74. The number of halogens is 1. The van der Waals surface area contributed by atoms with Crippen molar-refractivity contribution < 1.29 is 0 Å². The van der Waals surface area contributed by atoms with E-state index in [1.54, 1.807) is 6.07 Å². The van der Waals surface area contributed by atoms with E-state index in [4.69, 9.17) is 16.9 Å². The van der Waals surface area contributed by atoms with Gasteiger partial charge in [-0.3, -0.25) is 5.32 Å². The Bertz CT molecular complexity index is 529. The number of benzene rings is 2. The van der Waals surface area contributed by atoms with Crippen molar-refractivity contribution in [3.63, 3.8) is 0 Å². The maximum atomic E-state index is 8.68. The molecule has 1 N–H and O–H groups in total. The quantitative estimate of drug-likeness (QED) is 0.625. The first-order chi connectivity index (χ1) is 7.81. The second-order valence-electron chi connectivity index (χ2n) is 3.29. The summed E-state index contributed by atoms with van der Waals surface area (Å²) < 4.78 is 0. The van der Waals surface area contributed by atoms with E-state index in [1.807, 2.05) is 48.7 Å². The predicted octanol–water partition coefficient (Wildman–Crippen LogP) is 3.90. The standard InChI is InChI=1S/C13H9ClN2/c14-11-6-7-12(13(8-11)16-9-15)10-4-2-1-3-5-10/h1-8,16H. The summed E-state index contributed by atoms with van der Waals surface area (Å²) in [7, 11) is 0. The van der Waals surface area contributed by atoms with Gasteiger partial charge < -0.3 is 0 Å². The average molecular weight is 229 g/mol. The van der Waals surface area contributed by atoms with Crippen LogP contribution < -0.4 is 5.32 Å². The third-order valence-corrected chi connectivity index (χ3v) is 2.49. The van der Waals surface area contributed by atoms with Crippen LogP contribution in [-0.2, 0) is 0 Å². The number of rotatable bonds is 2. The van der Waals surface area contributed by atoms with Gasteiger partial charge >= 0.3 is 0 Å². The van der Waals surface area contributed by atoms with Gasteiger partial charge in [0.2, 0.25) is 0 Å². The van der Waals surface area contributed by atoms with Gasteiger partial charge in [-0.25, -0.2) is 0 Å². The van der Waals surface area contributed by atoms with Crippen LogP contribution in [0.1, 0.15) is 0 Å². The van der Waals surface area contributed by atoms with E-state index in [-0.39, 0.29) is 0 Å². The van der Waals surface area contributed by atoms with Gasteiger partial charge in [0, 0.05) is 10.6 Å². The lowest BCUT2D eigenvalue weighted by Crippen LogP contribution is -1.91. The van der Waals surface area contributed by atoms with Crippen LogP contribution in [0.3, 0.4) is 0 Å². The monoisotopic (exact) mass is 228 g/mol. The fourth-order valence-corrected chi connectivity index (χ4v) is 1.72. The summed E-state index contributed by atoms with van der Waals surface area (Å²) in [5.74, 6) is 0. The summed E-state index contributed by atoms with van der Waals surface area (Å²) in [4.78, 5) is 0. The van der Waals surface area contributed by atoms with Crippen LogP contribution in [0, 0.1) is 11.5 Å². The van der Waals surface area contributed by atoms with Crippen LogP contribution in [0.5, 0.6) is 0 Å². The van der Waals surface area contributed by atoms with E-state index in [1.165, 1.54) is 0 Å². The molecule has 2 nitrogen and oxygen atoms in total. The predicted molar refractivity (Wildman–Crippen MR) is 66.1 cm³/mol. The van der Waals surface area contributed by atoms with Crippen molar-refractivity contribution in [3.8, 4) is 17.3 Å². The third-order valence-electron chi connectivity index (χ3n) is 2.26. The van der Waals surface area contributed by atoms with Gasteiger partial charge in [-0.15, -0.1) is 0 Å². The van der Waals surface area contributed by atoms with Gasteiger partial charge in [0.05, 0.1) is 5.69 Å². The van der Waals surface area contributed by atoms with Crippen molar-refractivity contribution in [2.75, 3.05) is 5.32 Å².